The van der Waals surface area contributed by atoms with Gasteiger partial charge in [-0.1, -0.05) is 11.6 Å². The molecule has 2 N–H and O–H groups in total. The molecule has 1 aliphatic rings. The predicted molar refractivity (Wildman–Crippen MR) is 73.6 cm³/mol. The first-order chi connectivity index (χ1) is 9.12. The van der Waals surface area contributed by atoms with Crippen molar-refractivity contribution in [3.8, 4) is 0 Å². The number of ether oxygens (including phenoxy) is 1. The molecule has 19 heavy (non-hydrogen) atoms. The number of aliphatic imine (C=N–C) groups is 2. The van der Waals surface area contributed by atoms with Crippen molar-refractivity contribution in [3.63, 3.8) is 0 Å². The number of rotatable bonds is 4. The lowest BCUT2D eigenvalue weighted by molar-refractivity contribution is -0.0494. The van der Waals surface area contributed by atoms with Crippen molar-refractivity contribution in [1.29, 1.82) is 0 Å². The van der Waals surface area contributed by atoms with Crippen molar-refractivity contribution in [2.45, 2.75) is 24.9 Å². The van der Waals surface area contributed by atoms with Gasteiger partial charge in [0.2, 0.25) is 0 Å². The number of aromatic nitrogens is 1. The van der Waals surface area contributed by atoms with Crippen LogP contribution in [0.4, 0.5) is 5.82 Å². The highest BCUT2D eigenvalue weighted by Gasteiger charge is 2.36. The lowest BCUT2D eigenvalue weighted by atomic mass is 10.2. The maximum absolute atomic E-state index is 9.99. The van der Waals surface area contributed by atoms with Gasteiger partial charge in [0, 0.05) is 19.7 Å². The zero-order chi connectivity index (χ0) is 14.0. The predicted octanol–water partition coefficient (Wildman–Crippen LogP) is 1.08. The molecule has 6 nitrogen and oxygen atoms in total. The molecule has 0 aliphatic carbocycles. The second-order valence-corrected chi connectivity index (χ2v) is 4.63. The van der Waals surface area contributed by atoms with E-state index in [1.807, 2.05) is 0 Å². The summed E-state index contributed by atoms with van der Waals surface area (Å²) in [5.74, 6) is 0.484. The Bertz CT molecular complexity index is 500. The van der Waals surface area contributed by atoms with Crippen LogP contribution in [0, 0.1) is 0 Å². The van der Waals surface area contributed by atoms with Gasteiger partial charge >= 0.3 is 0 Å². The van der Waals surface area contributed by atoms with Gasteiger partial charge in [-0.05, 0) is 12.8 Å². The number of aliphatic hydroxyl groups excluding tert-OH is 2. The smallest absolute Gasteiger partial charge is 0.161 e. The highest BCUT2D eigenvalue weighted by atomic mass is 35.5. The number of aliphatic hydroxyl groups is 2. The molecule has 1 unspecified atom stereocenters. The molecule has 0 saturated carbocycles. The van der Waals surface area contributed by atoms with Gasteiger partial charge in [0.05, 0.1) is 18.3 Å². The molecule has 0 radical (unpaired) electrons. The van der Waals surface area contributed by atoms with Crippen molar-refractivity contribution in [1.82, 2.24) is 4.57 Å². The van der Waals surface area contributed by atoms with Crippen molar-refractivity contribution in [2.75, 3.05) is 13.7 Å². The van der Waals surface area contributed by atoms with Crippen LogP contribution in [0.1, 0.15) is 18.2 Å². The minimum Gasteiger partial charge on any atom is -0.394 e. The average molecular weight is 286 g/mol. The van der Waals surface area contributed by atoms with Gasteiger partial charge in [-0.3, -0.25) is 4.99 Å². The number of nitrogens with zero attached hydrogens (tertiary/aromatic N) is 3. The van der Waals surface area contributed by atoms with Crippen LogP contribution in [0.15, 0.2) is 22.2 Å². The van der Waals surface area contributed by atoms with Gasteiger partial charge in [-0.25, -0.2) is 4.99 Å². The van der Waals surface area contributed by atoms with Crippen LogP contribution in [0.5, 0.6) is 0 Å². The molecule has 0 spiro atoms. The molecule has 1 aliphatic heterocycles. The largest absolute Gasteiger partial charge is 0.394 e. The Kier molecular flexibility index (Phi) is 4.36. The fourth-order valence-electron chi connectivity index (χ4n) is 2.19. The second kappa shape index (κ2) is 5.83. The molecule has 1 aromatic heterocycles. The van der Waals surface area contributed by atoms with Gasteiger partial charge < -0.3 is 19.5 Å². The third kappa shape index (κ3) is 2.57. The average Bonchev–Trinajstić information content (AvgIpc) is 3.00. The van der Waals surface area contributed by atoms with Crippen LogP contribution < -0.4 is 0 Å². The molecule has 1 aromatic rings. The Balaban J connectivity index is 2.36. The molecular weight excluding hydrogens is 270 g/mol. The van der Waals surface area contributed by atoms with Crippen LogP contribution in [0.2, 0.25) is 0 Å². The highest BCUT2D eigenvalue weighted by Crippen LogP contribution is 2.34. The van der Waals surface area contributed by atoms with Crippen LogP contribution in [0.3, 0.4) is 0 Å². The molecule has 2 heterocycles. The Morgan fingerprint density at radius 1 is 1.68 bits per heavy atom. The summed E-state index contributed by atoms with van der Waals surface area (Å²) in [5.41, 5.74) is 0.627. The van der Waals surface area contributed by atoms with E-state index in [0.717, 1.165) is 0 Å². The molecular formula is C12H16ClN3O3. The third-order valence-corrected chi connectivity index (χ3v) is 3.47. The molecule has 3 atom stereocenters. The van der Waals surface area contributed by atoms with E-state index in [9.17, 15) is 5.11 Å². The van der Waals surface area contributed by atoms with Gasteiger partial charge in [0.25, 0.3) is 0 Å². The Hall–Kier alpha value is -1.21. The summed E-state index contributed by atoms with van der Waals surface area (Å²) < 4.78 is 7.22. The molecule has 0 bridgehead atoms. The maximum atomic E-state index is 9.99. The van der Waals surface area contributed by atoms with Gasteiger partial charge in [0.1, 0.15) is 17.1 Å². The fourth-order valence-corrected chi connectivity index (χ4v) is 2.34. The Morgan fingerprint density at radius 3 is 2.95 bits per heavy atom. The maximum Gasteiger partial charge on any atom is 0.161 e. The molecule has 1 saturated heterocycles. The van der Waals surface area contributed by atoms with Crippen molar-refractivity contribution < 1.29 is 14.9 Å². The van der Waals surface area contributed by atoms with E-state index < -0.39 is 12.3 Å². The summed E-state index contributed by atoms with van der Waals surface area (Å²) in [6, 6.07) is 1.74. The zero-order valence-electron chi connectivity index (χ0n) is 10.5. The lowest BCUT2D eigenvalue weighted by Crippen LogP contribution is -2.18. The van der Waals surface area contributed by atoms with Crippen molar-refractivity contribution in [3.05, 3.63) is 17.8 Å². The summed E-state index contributed by atoms with van der Waals surface area (Å²) in [6.45, 7) is 3.38. The summed E-state index contributed by atoms with van der Waals surface area (Å²) in [7, 11) is 1.58. The minimum absolute atomic E-state index is 0.129. The Labute approximate surface area is 116 Å². The number of halogens is 1. The first-order valence-corrected chi connectivity index (χ1v) is 6.24. The third-order valence-electron chi connectivity index (χ3n) is 3.10. The van der Waals surface area contributed by atoms with E-state index in [-0.39, 0.29) is 12.7 Å². The van der Waals surface area contributed by atoms with E-state index >= 15 is 0 Å². The molecule has 104 valence electrons. The lowest BCUT2D eigenvalue weighted by Gasteiger charge is -2.18. The van der Waals surface area contributed by atoms with E-state index in [1.54, 1.807) is 23.9 Å². The molecule has 7 heteroatoms. The van der Waals surface area contributed by atoms with Crippen LogP contribution >= 0.6 is 11.6 Å². The van der Waals surface area contributed by atoms with E-state index in [0.29, 0.717) is 23.0 Å². The monoisotopic (exact) mass is 285 g/mol. The van der Waals surface area contributed by atoms with Crippen LogP contribution in [-0.4, -0.2) is 52.5 Å². The normalized spacial score (nSPS) is 27.8. The first-order valence-electron chi connectivity index (χ1n) is 5.87. The topological polar surface area (TPSA) is 79.3 Å². The standard InChI is InChI=1S/C12H16ClN3O3/c1-14-10(13)8-3-4-16(11(8)15-2)12-9(18)5-7(6-17)19-12/h3-4,7,9,12,17-18H,2,5-6H2,1H3/b14-10+/t7-,9?,12+/m0/s1. The fraction of sp³-hybridized carbons (Fsp3) is 0.500. The quantitative estimate of drug-likeness (QED) is 0.812. The van der Waals surface area contributed by atoms with Gasteiger partial charge in [0.15, 0.2) is 6.23 Å². The molecule has 0 amide bonds. The van der Waals surface area contributed by atoms with Crippen LogP contribution in [-0.2, 0) is 4.74 Å². The second-order valence-electron chi connectivity index (χ2n) is 4.27. The number of hydrogen-bond donors (Lipinski definition) is 2. The Morgan fingerprint density at radius 2 is 2.42 bits per heavy atom. The molecule has 1 fully saturated rings. The summed E-state index contributed by atoms with van der Waals surface area (Å²) in [6.07, 6.45) is 0.392. The van der Waals surface area contributed by atoms with Crippen LogP contribution in [0.25, 0.3) is 0 Å². The zero-order valence-corrected chi connectivity index (χ0v) is 11.3. The first kappa shape index (κ1) is 14.2. The van der Waals surface area contributed by atoms with Crippen molar-refractivity contribution in [2.24, 2.45) is 9.98 Å². The van der Waals surface area contributed by atoms with E-state index in [1.165, 1.54) is 0 Å². The van der Waals surface area contributed by atoms with Gasteiger partial charge in [-0.2, -0.15) is 0 Å². The molecule has 2 rings (SSSR count). The summed E-state index contributed by atoms with van der Waals surface area (Å²) in [4.78, 5) is 7.82. The minimum atomic E-state index is -0.713. The SMILES string of the molecule is C=Nc1c(/C(Cl)=N\C)ccn1[C@@H]1O[C@H](CO)CC1O. The highest BCUT2D eigenvalue weighted by molar-refractivity contribution is 6.70. The summed E-state index contributed by atoms with van der Waals surface area (Å²) in [5, 5.41) is 19.4. The van der Waals surface area contributed by atoms with Gasteiger partial charge in [-0.15, -0.1) is 0 Å². The number of hydrogen-bond acceptors (Lipinski definition) is 5. The van der Waals surface area contributed by atoms with E-state index in [2.05, 4.69) is 16.7 Å². The molecule has 0 aromatic carbocycles. The van der Waals surface area contributed by atoms with Crippen molar-refractivity contribution >= 4 is 29.3 Å². The van der Waals surface area contributed by atoms with E-state index in [4.69, 9.17) is 21.4 Å². The summed E-state index contributed by atoms with van der Waals surface area (Å²) >= 11 is 5.99.